The van der Waals surface area contributed by atoms with E-state index in [0.717, 1.165) is 32.1 Å². The Kier molecular flexibility index (Phi) is 3.05. The number of nitrogens with one attached hydrogen (secondary N) is 1. The molecule has 0 bridgehead atoms. The molecule has 112 valence electrons. The predicted octanol–water partition coefficient (Wildman–Crippen LogP) is 2.15. The third-order valence-corrected chi connectivity index (χ3v) is 5.20. The van der Waals surface area contributed by atoms with E-state index >= 15 is 0 Å². The van der Waals surface area contributed by atoms with Gasteiger partial charge in [0.2, 0.25) is 0 Å². The van der Waals surface area contributed by atoms with Crippen molar-refractivity contribution < 1.29 is 0 Å². The molecule has 2 aliphatic rings. The first-order valence-electron chi connectivity index (χ1n) is 8.04. The average molecular weight is 284 g/mol. The Morgan fingerprint density at radius 3 is 2.95 bits per heavy atom. The zero-order chi connectivity index (χ0) is 14.4. The number of fused-ring (bicyclic) bond motifs is 1. The second kappa shape index (κ2) is 4.82. The zero-order valence-electron chi connectivity index (χ0n) is 13.0. The smallest absolute Gasteiger partial charge is 0.0843 e. The van der Waals surface area contributed by atoms with Gasteiger partial charge in [-0.1, -0.05) is 18.2 Å². The number of aromatic nitrogens is 2. The minimum Gasteiger partial charge on any atom is -0.309 e. The van der Waals surface area contributed by atoms with Crippen molar-refractivity contribution in [2.24, 2.45) is 13.0 Å². The quantitative estimate of drug-likeness (QED) is 0.937. The first kappa shape index (κ1) is 13.3. The highest BCUT2D eigenvalue weighted by molar-refractivity contribution is 5.81. The van der Waals surface area contributed by atoms with Gasteiger partial charge in [-0.15, -0.1) is 0 Å². The third kappa shape index (κ3) is 2.36. The number of rotatable bonds is 3. The van der Waals surface area contributed by atoms with E-state index in [2.05, 4.69) is 41.4 Å². The van der Waals surface area contributed by atoms with E-state index in [9.17, 15) is 0 Å². The molecule has 4 rings (SSSR count). The molecule has 1 aliphatic carbocycles. The molecule has 4 heteroatoms. The van der Waals surface area contributed by atoms with E-state index in [4.69, 9.17) is 5.10 Å². The van der Waals surface area contributed by atoms with Crippen LogP contribution in [0.4, 0.5) is 0 Å². The summed E-state index contributed by atoms with van der Waals surface area (Å²) in [5, 5.41) is 9.79. The SMILES string of the molecule is Cn1nc(CN2CCNC(C)(C3CC3)C2)c2ccccc21. The lowest BCUT2D eigenvalue weighted by Gasteiger charge is -2.41. The molecular formula is C17H24N4. The molecule has 0 spiro atoms. The van der Waals surface area contributed by atoms with E-state index in [1.807, 2.05) is 11.7 Å². The van der Waals surface area contributed by atoms with Crippen LogP contribution < -0.4 is 5.32 Å². The number of aryl methyl sites for hydroxylation is 1. The van der Waals surface area contributed by atoms with Crippen LogP contribution in [0, 0.1) is 5.92 Å². The Morgan fingerprint density at radius 1 is 1.33 bits per heavy atom. The third-order valence-electron chi connectivity index (χ3n) is 5.20. The number of hydrogen-bond donors (Lipinski definition) is 1. The summed E-state index contributed by atoms with van der Waals surface area (Å²) in [4.78, 5) is 2.57. The van der Waals surface area contributed by atoms with Gasteiger partial charge in [-0.05, 0) is 31.7 Å². The van der Waals surface area contributed by atoms with Crippen molar-refractivity contribution in [2.75, 3.05) is 19.6 Å². The normalized spacial score (nSPS) is 27.3. The van der Waals surface area contributed by atoms with E-state index in [1.54, 1.807) is 0 Å². The lowest BCUT2D eigenvalue weighted by atomic mass is 9.93. The second-order valence-electron chi connectivity index (χ2n) is 6.92. The Hall–Kier alpha value is -1.39. The van der Waals surface area contributed by atoms with Crippen LogP contribution in [0.3, 0.4) is 0 Å². The van der Waals surface area contributed by atoms with Crippen LogP contribution >= 0.6 is 0 Å². The fourth-order valence-electron chi connectivity index (χ4n) is 3.85. The summed E-state index contributed by atoms with van der Waals surface area (Å²) in [5.74, 6) is 0.876. The van der Waals surface area contributed by atoms with E-state index in [1.165, 1.54) is 29.4 Å². The molecular weight excluding hydrogens is 260 g/mol. The number of benzene rings is 1. The Morgan fingerprint density at radius 2 is 2.14 bits per heavy atom. The first-order valence-corrected chi connectivity index (χ1v) is 8.04. The Bertz CT molecular complexity index is 658. The molecule has 0 radical (unpaired) electrons. The maximum absolute atomic E-state index is 4.75. The van der Waals surface area contributed by atoms with Crippen LogP contribution in [0.25, 0.3) is 10.9 Å². The fraction of sp³-hybridized carbons (Fsp3) is 0.588. The number of para-hydroxylation sites is 1. The second-order valence-corrected chi connectivity index (χ2v) is 6.92. The van der Waals surface area contributed by atoms with Gasteiger partial charge in [0.1, 0.15) is 0 Å². The van der Waals surface area contributed by atoms with Gasteiger partial charge < -0.3 is 5.32 Å². The molecule has 1 aromatic heterocycles. The highest BCUT2D eigenvalue weighted by Crippen LogP contribution is 2.41. The molecule has 1 saturated heterocycles. The van der Waals surface area contributed by atoms with Gasteiger partial charge in [0.05, 0.1) is 11.2 Å². The molecule has 2 heterocycles. The molecule has 2 aromatic rings. The van der Waals surface area contributed by atoms with E-state index in [0.29, 0.717) is 5.54 Å². The number of piperazine rings is 1. The average Bonchev–Trinajstić information content (AvgIpc) is 3.28. The summed E-state index contributed by atoms with van der Waals surface area (Å²) in [5.41, 5.74) is 2.75. The predicted molar refractivity (Wildman–Crippen MR) is 85.1 cm³/mol. The summed E-state index contributed by atoms with van der Waals surface area (Å²) >= 11 is 0. The minimum absolute atomic E-state index is 0.308. The fourth-order valence-corrected chi connectivity index (χ4v) is 3.85. The zero-order valence-corrected chi connectivity index (χ0v) is 13.0. The lowest BCUT2D eigenvalue weighted by Crippen LogP contribution is -2.59. The van der Waals surface area contributed by atoms with Crippen LogP contribution in [0.1, 0.15) is 25.5 Å². The molecule has 21 heavy (non-hydrogen) atoms. The summed E-state index contributed by atoms with van der Waals surface area (Å²) < 4.78 is 2.01. The molecule has 1 aromatic carbocycles. The minimum atomic E-state index is 0.308. The molecule has 1 saturated carbocycles. The van der Waals surface area contributed by atoms with Crippen molar-refractivity contribution >= 4 is 10.9 Å². The topological polar surface area (TPSA) is 33.1 Å². The van der Waals surface area contributed by atoms with Gasteiger partial charge in [-0.3, -0.25) is 9.58 Å². The van der Waals surface area contributed by atoms with Gasteiger partial charge >= 0.3 is 0 Å². The van der Waals surface area contributed by atoms with Gasteiger partial charge in [-0.25, -0.2) is 0 Å². The summed E-state index contributed by atoms with van der Waals surface area (Å²) in [6.45, 7) is 6.71. The van der Waals surface area contributed by atoms with Gasteiger partial charge in [0, 0.05) is 44.2 Å². The monoisotopic (exact) mass is 284 g/mol. The molecule has 1 aliphatic heterocycles. The van der Waals surface area contributed by atoms with Crippen LogP contribution in [0.5, 0.6) is 0 Å². The number of nitrogens with zero attached hydrogens (tertiary/aromatic N) is 3. The summed E-state index contributed by atoms with van der Waals surface area (Å²) in [7, 11) is 2.04. The number of hydrogen-bond acceptors (Lipinski definition) is 3. The van der Waals surface area contributed by atoms with E-state index in [-0.39, 0.29) is 0 Å². The van der Waals surface area contributed by atoms with Gasteiger partial charge in [-0.2, -0.15) is 5.10 Å². The Labute approximate surface area is 126 Å². The highest BCUT2D eigenvalue weighted by atomic mass is 15.3. The van der Waals surface area contributed by atoms with Crippen LogP contribution in [-0.2, 0) is 13.6 Å². The van der Waals surface area contributed by atoms with E-state index < -0.39 is 0 Å². The molecule has 0 amide bonds. The Balaban J connectivity index is 1.57. The largest absolute Gasteiger partial charge is 0.309 e. The van der Waals surface area contributed by atoms with Crippen molar-refractivity contribution in [3.8, 4) is 0 Å². The standard InChI is InChI=1S/C17H24N4/c1-17(13-7-8-13)12-21(10-9-18-17)11-15-14-5-3-4-6-16(14)20(2)19-15/h3-6,13,18H,7-12H2,1-2H3. The maximum atomic E-state index is 4.75. The molecule has 2 fully saturated rings. The molecule has 1 atom stereocenters. The van der Waals surface area contributed by atoms with Crippen molar-refractivity contribution in [2.45, 2.75) is 31.8 Å². The highest BCUT2D eigenvalue weighted by Gasteiger charge is 2.43. The van der Waals surface area contributed by atoms with Crippen molar-refractivity contribution in [1.29, 1.82) is 0 Å². The van der Waals surface area contributed by atoms with Crippen molar-refractivity contribution in [3.63, 3.8) is 0 Å². The lowest BCUT2D eigenvalue weighted by molar-refractivity contribution is 0.120. The first-order chi connectivity index (χ1) is 10.2. The van der Waals surface area contributed by atoms with Crippen molar-refractivity contribution in [3.05, 3.63) is 30.0 Å². The maximum Gasteiger partial charge on any atom is 0.0843 e. The van der Waals surface area contributed by atoms with Gasteiger partial charge in [0.25, 0.3) is 0 Å². The van der Waals surface area contributed by atoms with Gasteiger partial charge in [0.15, 0.2) is 0 Å². The molecule has 1 unspecified atom stereocenters. The van der Waals surface area contributed by atoms with Crippen LogP contribution in [0.15, 0.2) is 24.3 Å². The molecule has 4 nitrogen and oxygen atoms in total. The summed E-state index contributed by atoms with van der Waals surface area (Å²) in [6, 6.07) is 8.54. The van der Waals surface area contributed by atoms with Crippen molar-refractivity contribution in [1.82, 2.24) is 20.0 Å². The van der Waals surface area contributed by atoms with Crippen LogP contribution in [-0.4, -0.2) is 39.9 Å². The summed E-state index contributed by atoms with van der Waals surface area (Å²) in [6.07, 6.45) is 2.79. The van der Waals surface area contributed by atoms with Crippen LogP contribution in [0.2, 0.25) is 0 Å². The molecule has 1 N–H and O–H groups in total.